The van der Waals surface area contributed by atoms with Crippen LogP contribution in [0, 0.1) is 17.8 Å². The summed E-state index contributed by atoms with van der Waals surface area (Å²) in [6.07, 6.45) is 10.1. The fourth-order valence-corrected chi connectivity index (χ4v) is 6.37. The van der Waals surface area contributed by atoms with E-state index >= 15 is 0 Å². The molecule has 3 N–H and O–H groups in total. The monoisotopic (exact) mass is 370 g/mol. The number of piperidine rings is 1. The molecule has 5 aliphatic rings. The number of hydrogen-bond acceptors (Lipinski definition) is 4. The van der Waals surface area contributed by atoms with Gasteiger partial charge in [0.1, 0.15) is 17.4 Å². The lowest BCUT2D eigenvalue weighted by atomic mass is 9.49. The molecule has 1 aliphatic heterocycles. The van der Waals surface area contributed by atoms with Gasteiger partial charge in [-0.15, -0.1) is 0 Å². The molecule has 1 atom stereocenters. The van der Waals surface area contributed by atoms with E-state index in [9.17, 15) is 14.4 Å². The van der Waals surface area contributed by atoms with E-state index in [2.05, 4.69) is 20.6 Å². The molecular formula is C20H26N4O3. The molecule has 2 heterocycles. The van der Waals surface area contributed by atoms with Gasteiger partial charge in [-0.25, -0.2) is 4.98 Å². The number of rotatable bonds is 3. The van der Waals surface area contributed by atoms with Gasteiger partial charge in [-0.05, 0) is 69.1 Å². The first-order valence-corrected chi connectivity index (χ1v) is 10.2. The van der Waals surface area contributed by atoms with Crippen LogP contribution in [0.4, 0.5) is 0 Å². The van der Waals surface area contributed by atoms with Gasteiger partial charge in [-0.3, -0.25) is 14.4 Å². The van der Waals surface area contributed by atoms with E-state index in [0.717, 1.165) is 49.3 Å². The molecule has 4 bridgehead atoms. The van der Waals surface area contributed by atoms with Gasteiger partial charge in [0.25, 0.3) is 11.5 Å². The van der Waals surface area contributed by atoms with E-state index in [1.807, 2.05) is 0 Å². The maximum Gasteiger partial charge on any atom is 0.263 e. The van der Waals surface area contributed by atoms with E-state index in [0.29, 0.717) is 13.0 Å². The first-order chi connectivity index (χ1) is 13.0. The van der Waals surface area contributed by atoms with E-state index < -0.39 is 17.5 Å². The van der Waals surface area contributed by atoms with Crippen LogP contribution in [0.5, 0.6) is 0 Å². The summed E-state index contributed by atoms with van der Waals surface area (Å²) in [6, 6.07) is -0.575. The molecule has 7 heteroatoms. The van der Waals surface area contributed by atoms with E-state index in [4.69, 9.17) is 0 Å². The van der Waals surface area contributed by atoms with Crippen molar-refractivity contribution in [1.29, 1.82) is 0 Å². The second-order valence-electron chi connectivity index (χ2n) is 9.13. The summed E-state index contributed by atoms with van der Waals surface area (Å²) >= 11 is 0. The van der Waals surface area contributed by atoms with Crippen LogP contribution in [0.3, 0.4) is 0 Å². The van der Waals surface area contributed by atoms with Gasteiger partial charge in [0.05, 0.1) is 0 Å². The third kappa shape index (κ3) is 2.87. The molecule has 0 aromatic carbocycles. The Morgan fingerprint density at radius 1 is 1.11 bits per heavy atom. The van der Waals surface area contributed by atoms with Crippen LogP contribution in [0.2, 0.25) is 0 Å². The third-order valence-electron chi connectivity index (χ3n) is 7.18. The van der Waals surface area contributed by atoms with Crippen molar-refractivity contribution in [3.05, 3.63) is 27.9 Å². The van der Waals surface area contributed by atoms with Gasteiger partial charge in [0.2, 0.25) is 5.91 Å². The Kier molecular flexibility index (Phi) is 3.88. The van der Waals surface area contributed by atoms with Crippen LogP contribution in [0.25, 0.3) is 0 Å². The summed E-state index contributed by atoms with van der Waals surface area (Å²) in [5.41, 5.74) is -0.419. The first kappa shape index (κ1) is 17.0. The first-order valence-electron chi connectivity index (χ1n) is 10.2. The highest BCUT2D eigenvalue weighted by Crippen LogP contribution is 2.59. The fraction of sp³-hybridized carbons (Fsp3) is 0.700. The molecule has 1 aromatic heterocycles. The van der Waals surface area contributed by atoms with Crippen LogP contribution < -0.4 is 16.2 Å². The summed E-state index contributed by atoms with van der Waals surface area (Å²) in [5.74, 6) is 2.32. The molecule has 7 nitrogen and oxygen atoms in total. The number of amides is 2. The molecular weight excluding hydrogens is 344 g/mol. The molecule has 4 saturated carbocycles. The van der Waals surface area contributed by atoms with E-state index in [1.54, 1.807) is 0 Å². The lowest BCUT2D eigenvalue weighted by molar-refractivity contribution is -0.124. The molecule has 1 unspecified atom stereocenters. The zero-order valence-corrected chi connectivity index (χ0v) is 15.4. The lowest BCUT2D eigenvalue weighted by Gasteiger charge is -2.56. The van der Waals surface area contributed by atoms with Crippen molar-refractivity contribution < 1.29 is 9.59 Å². The number of carbonyl (C=O) groups excluding carboxylic acids is 2. The Labute approximate surface area is 157 Å². The predicted octanol–water partition coefficient (Wildman–Crippen LogP) is 1.25. The van der Waals surface area contributed by atoms with Crippen molar-refractivity contribution in [3.63, 3.8) is 0 Å². The Morgan fingerprint density at radius 3 is 2.37 bits per heavy atom. The largest absolute Gasteiger partial charge is 0.354 e. The standard InChI is InChI=1S/C20H26N4O3/c25-16(23-15-2-1-3-21-18(15)27)14-10-22-19(24-17(14)26)20-7-11-4-12(8-20)6-13(5-11)9-20/h10-13,15H,1-9H2,(H,21,27)(H,23,25)(H,22,24,26). The van der Waals surface area contributed by atoms with Crippen molar-refractivity contribution >= 4 is 11.8 Å². The number of carbonyl (C=O) groups is 2. The van der Waals surface area contributed by atoms with Crippen LogP contribution >= 0.6 is 0 Å². The van der Waals surface area contributed by atoms with Crippen LogP contribution in [-0.2, 0) is 10.2 Å². The molecule has 2 amide bonds. The summed E-state index contributed by atoms with van der Waals surface area (Å²) in [6.45, 7) is 0.632. The Hall–Kier alpha value is -2.18. The Bertz CT molecular complexity index is 811. The van der Waals surface area contributed by atoms with E-state index in [-0.39, 0.29) is 16.9 Å². The Balaban J connectivity index is 1.37. The molecule has 4 aliphatic carbocycles. The third-order valence-corrected chi connectivity index (χ3v) is 7.18. The summed E-state index contributed by atoms with van der Waals surface area (Å²) in [4.78, 5) is 44.4. The highest BCUT2D eigenvalue weighted by atomic mass is 16.2. The average Bonchev–Trinajstić information content (AvgIpc) is 2.62. The number of nitrogens with zero attached hydrogens (tertiary/aromatic N) is 1. The van der Waals surface area contributed by atoms with Gasteiger partial charge in [-0.2, -0.15) is 0 Å². The van der Waals surface area contributed by atoms with Crippen molar-refractivity contribution in [2.45, 2.75) is 62.8 Å². The molecule has 6 rings (SSSR count). The molecule has 1 aromatic rings. The summed E-state index contributed by atoms with van der Waals surface area (Å²) in [7, 11) is 0. The van der Waals surface area contributed by atoms with Crippen molar-refractivity contribution in [1.82, 2.24) is 20.6 Å². The van der Waals surface area contributed by atoms with Gasteiger partial charge < -0.3 is 15.6 Å². The van der Waals surface area contributed by atoms with Crippen LogP contribution in [0.1, 0.15) is 67.5 Å². The minimum Gasteiger partial charge on any atom is -0.354 e. The minimum absolute atomic E-state index is 0.00777. The number of aromatic nitrogens is 2. The minimum atomic E-state index is -0.575. The summed E-state index contributed by atoms with van der Waals surface area (Å²) < 4.78 is 0. The maximum atomic E-state index is 12.6. The van der Waals surface area contributed by atoms with Gasteiger partial charge in [0, 0.05) is 18.2 Å². The zero-order chi connectivity index (χ0) is 18.6. The normalized spacial score (nSPS) is 37.1. The van der Waals surface area contributed by atoms with Crippen LogP contribution in [-0.4, -0.2) is 34.4 Å². The van der Waals surface area contributed by atoms with Gasteiger partial charge in [-0.1, -0.05) is 0 Å². The lowest BCUT2D eigenvalue weighted by Crippen LogP contribution is -2.51. The highest BCUT2D eigenvalue weighted by Gasteiger charge is 2.53. The molecule has 27 heavy (non-hydrogen) atoms. The smallest absolute Gasteiger partial charge is 0.263 e. The molecule has 1 saturated heterocycles. The number of nitrogens with one attached hydrogen (secondary N) is 3. The molecule has 0 radical (unpaired) electrons. The number of aromatic amines is 1. The van der Waals surface area contributed by atoms with E-state index in [1.165, 1.54) is 25.5 Å². The second kappa shape index (κ2) is 6.17. The molecule has 0 spiro atoms. The number of H-pyrrole nitrogens is 1. The SMILES string of the molecule is O=C(NC1CCCNC1=O)c1cnc(C23CC4CC(CC(C4)C2)C3)[nH]c1=O. The quantitative estimate of drug-likeness (QED) is 0.745. The molecule has 5 fully saturated rings. The van der Waals surface area contributed by atoms with Crippen molar-refractivity contribution in [3.8, 4) is 0 Å². The Morgan fingerprint density at radius 2 is 1.78 bits per heavy atom. The number of hydrogen-bond donors (Lipinski definition) is 3. The van der Waals surface area contributed by atoms with Crippen molar-refractivity contribution in [2.75, 3.05) is 6.54 Å². The fourth-order valence-electron chi connectivity index (χ4n) is 6.37. The van der Waals surface area contributed by atoms with Gasteiger partial charge >= 0.3 is 0 Å². The van der Waals surface area contributed by atoms with Crippen molar-refractivity contribution in [2.24, 2.45) is 17.8 Å². The topological polar surface area (TPSA) is 104 Å². The van der Waals surface area contributed by atoms with Crippen LogP contribution in [0.15, 0.2) is 11.0 Å². The molecule has 144 valence electrons. The summed E-state index contributed by atoms with van der Waals surface area (Å²) in [5, 5.41) is 5.40. The maximum absolute atomic E-state index is 12.6. The average molecular weight is 370 g/mol. The predicted molar refractivity (Wildman–Crippen MR) is 98.2 cm³/mol. The zero-order valence-electron chi connectivity index (χ0n) is 15.4. The second-order valence-corrected chi connectivity index (χ2v) is 9.13. The van der Waals surface area contributed by atoms with Gasteiger partial charge in [0.15, 0.2) is 0 Å². The highest BCUT2D eigenvalue weighted by molar-refractivity contribution is 5.97.